The minimum Gasteiger partial charge on any atom is -0.357 e. The van der Waals surface area contributed by atoms with Gasteiger partial charge in [0.2, 0.25) is 0 Å². The molecule has 7 heteroatoms. The summed E-state index contributed by atoms with van der Waals surface area (Å²) in [6.45, 7) is 0. The number of rotatable bonds is 2. The van der Waals surface area contributed by atoms with E-state index < -0.39 is 6.04 Å². The average Bonchev–Trinajstić information content (AvgIpc) is 2.92. The fourth-order valence-electron chi connectivity index (χ4n) is 3.92. The molecule has 1 unspecified atom stereocenters. The van der Waals surface area contributed by atoms with Crippen LogP contribution in [0.3, 0.4) is 0 Å². The molecule has 2 N–H and O–H groups in total. The Bertz CT molecular complexity index is 1250. The number of nitrogens with one attached hydrogen (secondary N) is 2. The van der Waals surface area contributed by atoms with Crippen molar-refractivity contribution >= 4 is 34.7 Å². The van der Waals surface area contributed by atoms with Gasteiger partial charge in [0, 0.05) is 18.2 Å². The number of anilines is 2. The normalized spacial score (nSPS) is 17.0. The number of hydrogen-bond donors (Lipinski definition) is 2. The number of benzene rings is 2. The summed E-state index contributed by atoms with van der Waals surface area (Å²) in [5.74, 6) is 0.408. The molecule has 144 valence electrons. The van der Waals surface area contributed by atoms with E-state index >= 15 is 0 Å². The number of carbonyl (C=O) groups is 1. The van der Waals surface area contributed by atoms with Crippen LogP contribution in [0.25, 0.3) is 5.70 Å². The van der Waals surface area contributed by atoms with Crippen LogP contribution in [0.4, 0.5) is 11.5 Å². The van der Waals surface area contributed by atoms with Crippen LogP contribution in [-0.2, 0) is 7.05 Å². The number of nitrogens with zero attached hydrogens (tertiary/aromatic N) is 2. The molecule has 2 heterocycles. The zero-order chi connectivity index (χ0) is 20.1. The van der Waals surface area contributed by atoms with E-state index in [1.807, 2.05) is 60.9 Å². The Labute approximate surface area is 171 Å². The Morgan fingerprint density at radius 3 is 2.41 bits per heavy atom. The molecule has 0 radical (unpaired) electrons. The minimum atomic E-state index is -0.422. The van der Waals surface area contributed by atoms with Gasteiger partial charge in [0.15, 0.2) is 16.8 Å². The summed E-state index contributed by atoms with van der Waals surface area (Å²) >= 11 is 1.40. The van der Waals surface area contributed by atoms with Crippen LogP contribution < -0.4 is 16.2 Å². The molecule has 2 aliphatic rings. The summed E-state index contributed by atoms with van der Waals surface area (Å²) < 4.78 is 1.52. The lowest BCUT2D eigenvalue weighted by Gasteiger charge is -2.20. The van der Waals surface area contributed by atoms with Gasteiger partial charge in [-0.3, -0.25) is 14.2 Å². The van der Waals surface area contributed by atoms with E-state index in [0.29, 0.717) is 33.5 Å². The quantitative estimate of drug-likeness (QED) is 0.503. The predicted molar refractivity (Wildman–Crippen MR) is 115 cm³/mol. The molecule has 1 aliphatic heterocycles. The third-order valence-corrected chi connectivity index (χ3v) is 6.07. The third kappa shape index (κ3) is 2.61. The highest BCUT2D eigenvalue weighted by Crippen LogP contribution is 2.44. The topological polar surface area (TPSA) is 76.0 Å². The van der Waals surface area contributed by atoms with Gasteiger partial charge >= 0.3 is 0 Å². The van der Waals surface area contributed by atoms with Crippen molar-refractivity contribution in [2.24, 2.45) is 7.05 Å². The minimum absolute atomic E-state index is 0.0424. The fourth-order valence-corrected chi connectivity index (χ4v) is 4.46. The Hall–Kier alpha value is -3.32. The summed E-state index contributed by atoms with van der Waals surface area (Å²) in [5.41, 5.74) is 3.80. The highest BCUT2D eigenvalue weighted by atomic mass is 32.2. The molecule has 0 saturated carbocycles. The van der Waals surface area contributed by atoms with E-state index in [2.05, 4.69) is 15.6 Å². The molecule has 1 aliphatic carbocycles. The van der Waals surface area contributed by atoms with Crippen molar-refractivity contribution in [2.75, 3.05) is 16.9 Å². The van der Waals surface area contributed by atoms with E-state index in [-0.39, 0.29) is 11.3 Å². The molecule has 0 bridgehead atoms. The second kappa shape index (κ2) is 6.63. The van der Waals surface area contributed by atoms with Gasteiger partial charge in [-0.2, -0.15) is 0 Å². The summed E-state index contributed by atoms with van der Waals surface area (Å²) in [4.78, 5) is 31.1. The molecular formula is C22H18N4O2S. The van der Waals surface area contributed by atoms with Crippen LogP contribution >= 0.6 is 11.8 Å². The number of fused-ring (bicyclic) bond motifs is 3. The summed E-state index contributed by atoms with van der Waals surface area (Å²) in [5, 5.41) is 7.24. The smallest absolute Gasteiger partial charge is 0.279 e. The molecule has 1 atom stereocenters. The first-order valence-electron chi connectivity index (χ1n) is 9.22. The van der Waals surface area contributed by atoms with Crippen molar-refractivity contribution in [3.05, 3.63) is 87.2 Å². The molecular weight excluding hydrogens is 384 g/mol. The molecule has 1 aromatic heterocycles. The van der Waals surface area contributed by atoms with Crippen LogP contribution in [0.1, 0.15) is 27.5 Å². The van der Waals surface area contributed by atoms with Crippen molar-refractivity contribution in [2.45, 2.75) is 11.2 Å². The molecule has 29 heavy (non-hydrogen) atoms. The van der Waals surface area contributed by atoms with Crippen molar-refractivity contribution in [3.63, 3.8) is 0 Å². The van der Waals surface area contributed by atoms with E-state index in [9.17, 15) is 9.59 Å². The molecule has 0 amide bonds. The van der Waals surface area contributed by atoms with Gasteiger partial charge in [0.05, 0.1) is 17.3 Å². The van der Waals surface area contributed by atoms with Gasteiger partial charge in [-0.1, -0.05) is 66.4 Å². The first kappa shape index (κ1) is 17.8. The zero-order valence-electron chi connectivity index (χ0n) is 15.9. The Kier molecular flexibility index (Phi) is 4.06. The summed E-state index contributed by atoms with van der Waals surface area (Å²) in [6.07, 6.45) is 1.88. The lowest BCUT2D eigenvalue weighted by Crippen LogP contribution is -2.25. The molecule has 3 aromatic rings. The van der Waals surface area contributed by atoms with Crippen molar-refractivity contribution < 1.29 is 4.79 Å². The third-order valence-electron chi connectivity index (χ3n) is 5.34. The predicted octanol–water partition coefficient (Wildman–Crippen LogP) is 3.69. The largest absolute Gasteiger partial charge is 0.357 e. The number of aromatic nitrogens is 2. The molecule has 2 aromatic carbocycles. The van der Waals surface area contributed by atoms with Gasteiger partial charge in [0.1, 0.15) is 5.69 Å². The van der Waals surface area contributed by atoms with E-state index in [0.717, 1.165) is 11.1 Å². The molecule has 6 nitrogen and oxygen atoms in total. The van der Waals surface area contributed by atoms with Gasteiger partial charge in [-0.25, -0.2) is 4.98 Å². The maximum atomic E-state index is 13.3. The standard InChI is InChI=1S/C22H18N4O2S/c1-26-21(28)18-20(25-22(26)29-2)24-16(12-8-4-3-5-9-12)15-17(23-18)13-10-6-7-11-14(13)19(15)27/h3-11,16,23-24H,1-2H3. The number of thioether (sulfide) groups is 1. The Morgan fingerprint density at radius 1 is 1.00 bits per heavy atom. The van der Waals surface area contributed by atoms with Crippen LogP contribution in [-0.4, -0.2) is 21.6 Å². The molecule has 0 saturated heterocycles. The maximum absolute atomic E-state index is 13.3. The lowest BCUT2D eigenvalue weighted by molar-refractivity contribution is 0.103. The van der Waals surface area contributed by atoms with Gasteiger partial charge in [-0.05, 0) is 11.8 Å². The number of ketones is 1. The zero-order valence-corrected chi connectivity index (χ0v) is 16.7. The lowest BCUT2D eigenvalue weighted by atomic mass is 9.95. The summed E-state index contributed by atoms with van der Waals surface area (Å²) in [7, 11) is 1.70. The van der Waals surface area contributed by atoms with Gasteiger partial charge in [0.25, 0.3) is 5.56 Å². The second-order valence-corrected chi connectivity index (χ2v) is 7.74. The Morgan fingerprint density at radius 2 is 1.69 bits per heavy atom. The van der Waals surface area contributed by atoms with Gasteiger partial charge in [-0.15, -0.1) is 0 Å². The van der Waals surface area contributed by atoms with Crippen molar-refractivity contribution in [3.8, 4) is 0 Å². The van der Waals surface area contributed by atoms with Crippen LogP contribution in [0, 0.1) is 0 Å². The van der Waals surface area contributed by atoms with Crippen LogP contribution in [0.2, 0.25) is 0 Å². The molecule has 0 spiro atoms. The number of carbonyl (C=O) groups excluding carboxylic acids is 1. The summed E-state index contributed by atoms with van der Waals surface area (Å²) in [6, 6.07) is 16.8. The number of hydrogen-bond acceptors (Lipinski definition) is 6. The second-order valence-electron chi connectivity index (χ2n) is 6.96. The highest BCUT2D eigenvalue weighted by Gasteiger charge is 2.38. The number of Topliss-reactive ketones (excluding diaryl/α,β-unsaturated/α-hetero) is 1. The first-order valence-corrected chi connectivity index (χ1v) is 10.4. The van der Waals surface area contributed by atoms with Crippen LogP contribution in [0.5, 0.6) is 0 Å². The van der Waals surface area contributed by atoms with E-state index in [1.54, 1.807) is 7.05 Å². The van der Waals surface area contributed by atoms with Crippen LogP contribution in [0.15, 0.2) is 70.1 Å². The van der Waals surface area contributed by atoms with Gasteiger partial charge < -0.3 is 10.6 Å². The van der Waals surface area contributed by atoms with E-state index in [4.69, 9.17) is 0 Å². The molecule has 0 fully saturated rings. The maximum Gasteiger partial charge on any atom is 0.279 e. The Balaban J connectivity index is 1.79. The SMILES string of the molecule is CSc1nc2c(c(=O)n1C)NC1=C(C(=O)c3ccccc31)C(c1ccccc1)N2. The molecule has 5 rings (SSSR count). The first-order chi connectivity index (χ1) is 14.1. The van der Waals surface area contributed by atoms with Crippen molar-refractivity contribution in [1.29, 1.82) is 0 Å². The van der Waals surface area contributed by atoms with Crippen molar-refractivity contribution in [1.82, 2.24) is 9.55 Å². The monoisotopic (exact) mass is 402 g/mol. The van der Waals surface area contributed by atoms with E-state index in [1.165, 1.54) is 16.3 Å². The fraction of sp³-hybridized carbons (Fsp3) is 0.136. The highest BCUT2D eigenvalue weighted by molar-refractivity contribution is 7.98. The average molecular weight is 402 g/mol.